The van der Waals surface area contributed by atoms with Gasteiger partial charge in [-0.25, -0.2) is 0 Å². The van der Waals surface area contributed by atoms with Gasteiger partial charge in [-0.05, 0) is 52.2 Å². The minimum absolute atomic E-state index is 0.0665. The van der Waals surface area contributed by atoms with Gasteiger partial charge in [0.15, 0.2) is 0 Å². The molecule has 0 radical (unpaired) electrons. The first-order chi connectivity index (χ1) is 9.58. The lowest BCUT2D eigenvalue weighted by molar-refractivity contribution is 0.292. The van der Waals surface area contributed by atoms with Crippen LogP contribution in [0.25, 0.3) is 0 Å². The Balaban J connectivity index is 2.19. The molecule has 0 spiro atoms. The molecule has 5 nitrogen and oxygen atoms in total. The van der Waals surface area contributed by atoms with Crippen LogP contribution in [-0.4, -0.2) is 21.6 Å². The topological polar surface area (TPSA) is 59.9 Å². The van der Waals surface area contributed by atoms with E-state index in [0.29, 0.717) is 17.6 Å². The van der Waals surface area contributed by atoms with Crippen molar-refractivity contribution in [3.05, 3.63) is 33.0 Å². The second kappa shape index (κ2) is 7.06. The molecule has 0 aliphatic carbocycles. The quantitative estimate of drug-likeness (QED) is 0.832. The van der Waals surface area contributed by atoms with Crippen molar-refractivity contribution in [2.75, 3.05) is 11.9 Å². The van der Waals surface area contributed by atoms with Crippen LogP contribution in [0.3, 0.4) is 0 Å². The number of anilines is 2. The van der Waals surface area contributed by atoms with Crippen molar-refractivity contribution in [1.29, 1.82) is 0 Å². The average molecular weight is 378 g/mol. The SMILES string of the molecule is CCCOc1nc(Cl)nc(Nc2ccc(Br)c(Cl)c2)n1. The number of rotatable bonds is 5. The Hall–Kier alpha value is -1.11. The molecule has 0 aliphatic rings. The Morgan fingerprint density at radius 1 is 1.25 bits per heavy atom. The number of nitrogens with zero attached hydrogens (tertiary/aromatic N) is 3. The van der Waals surface area contributed by atoms with E-state index in [1.165, 1.54) is 0 Å². The Kier molecular flexibility index (Phi) is 5.39. The number of nitrogens with one attached hydrogen (secondary N) is 1. The maximum absolute atomic E-state index is 6.02. The van der Waals surface area contributed by atoms with E-state index in [9.17, 15) is 0 Å². The Bertz CT molecular complexity index is 612. The molecule has 1 aromatic heterocycles. The summed E-state index contributed by atoms with van der Waals surface area (Å²) < 4.78 is 6.15. The zero-order valence-corrected chi connectivity index (χ0v) is 13.6. The molecule has 0 aliphatic heterocycles. The number of hydrogen-bond acceptors (Lipinski definition) is 5. The van der Waals surface area contributed by atoms with Gasteiger partial charge in [0.25, 0.3) is 0 Å². The monoisotopic (exact) mass is 376 g/mol. The van der Waals surface area contributed by atoms with Gasteiger partial charge in [0.2, 0.25) is 11.2 Å². The fourth-order valence-electron chi connectivity index (χ4n) is 1.35. The zero-order chi connectivity index (χ0) is 14.5. The van der Waals surface area contributed by atoms with Crippen molar-refractivity contribution in [2.24, 2.45) is 0 Å². The van der Waals surface area contributed by atoms with Crippen LogP contribution < -0.4 is 10.1 Å². The van der Waals surface area contributed by atoms with Crippen molar-refractivity contribution in [1.82, 2.24) is 15.0 Å². The van der Waals surface area contributed by atoms with E-state index in [0.717, 1.165) is 16.6 Å². The van der Waals surface area contributed by atoms with Crippen molar-refractivity contribution >= 4 is 50.8 Å². The first kappa shape index (κ1) is 15.3. The molecular weight excluding hydrogens is 367 g/mol. The second-order valence-corrected chi connectivity index (χ2v) is 5.41. The molecule has 2 aromatic rings. The highest BCUT2D eigenvalue weighted by molar-refractivity contribution is 9.10. The van der Waals surface area contributed by atoms with Crippen LogP contribution in [-0.2, 0) is 0 Å². The highest BCUT2D eigenvalue weighted by atomic mass is 79.9. The molecule has 0 atom stereocenters. The number of aromatic nitrogens is 3. The molecule has 0 unspecified atom stereocenters. The summed E-state index contributed by atoms with van der Waals surface area (Å²) in [4.78, 5) is 12.0. The third-order valence-electron chi connectivity index (χ3n) is 2.20. The fourth-order valence-corrected chi connectivity index (χ4v) is 1.93. The summed E-state index contributed by atoms with van der Waals surface area (Å²) in [5, 5.41) is 3.65. The van der Waals surface area contributed by atoms with Gasteiger partial charge < -0.3 is 10.1 Å². The smallest absolute Gasteiger partial charge is 0.322 e. The van der Waals surface area contributed by atoms with E-state index in [1.54, 1.807) is 6.07 Å². The summed E-state index contributed by atoms with van der Waals surface area (Å²) in [5.74, 6) is 0.300. The fraction of sp³-hybridized carbons (Fsp3) is 0.250. The highest BCUT2D eigenvalue weighted by Crippen LogP contribution is 2.27. The molecule has 0 amide bonds. The van der Waals surface area contributed by atoms with Crippen LogP contribution in [0.1, 0.15) is 13.3 Å². The van der Waals surface area contributed by atoms with Gasteiger partial charge in [-0.15, -0.1) is 0 Å². The van der Waals surface area contributed by atoms with Gasteiger partial charge in [-0.2, -0.15) is 15.0 Å². The van der Waals surface area contributed by atoms with Crippen LogP contribution >= 0.6 is 39.1 Å². The molecule has 20 heavy (non-hydrogen) atoms. The molecule has 2 rings (SSSR count). The molecule has 106 valence electrons. The average Bonchev–Trinajstić information content (AvgIpc) is 2.40. The summed E-state index contributed by atoms with van der Waals surface area (Å²) >= 11 is 15.2. The summed E-state index contributed by atoms with van der Waals surface area (Å²) in [5.41, 5.74) is 0.738. The predicted molar refractivity (Wildman–Crippen MR) is 83.1 cm³/mol. The van der Waals surface area contributed by atoms with E-state index in [-0.39, 0.29) is 11.3 Å². The number of hydrogen-bond donors (Lipinski definition) is 1. The maximum Gasteiger partial charge on any atom is 0.322 e. The van der Waals surface area contributed by atoms with Crippen molar-refractivity contribution in [2.45, 2.75) is 13.3 Å². The van der Waals surface area contributed by atoms with E-state index in [4.69, 9.17) is 27.9 Å². The van der Waals surface area contributed by atoms with E-state index in [2.05, 4.69) is 36.2 Å². The largest absolute Gasteiger partial charge is 0.463 e. The van der Waals surface area contributed by atoms with Crippen molar-refractivity contribution in [3.8, 4) is 6.01 Å². The lowest BCUT2D eigenvalue weighted by atomic mass is 10.3. The van der Waals surface area contributed by atoms with Crippen molar-refractivity contribution in [3.63, 3.8) is 0 Å². The van der Waals surface area contributed by atoms with Gasteiger partial charge in [0.1, 0.15) is 0 Å². The minimum atomic E-state index is 0.0665. The lowest BCUT2D eigenvalue weighted by Gasteiger charge is -2.08. The van der Waals surface area contributed by atoms with Crippen molar-refractivity contribution < 1.29 is 4.74 Å². The Labute approximate surface area is 134 Å². The van der Waals surface area contributed by atoms with Crippen LogP contribution in [0.4, 0.5) is 11.6 Å². The highest BCUT2D eigenvalue weighted by Gasteiger charge is 2.07. The molecule has 0 saturated heterocycles. The van der Waals surface area contributed by atoms with Crippen LogP contribution in [0.2, 0.25) is 10.3 Å². The molecule has 1 aromatic carbocycles. The lowest BCUT2D eigenvalue weighted by Crippen LogP contribution is -2.04. The third kappa shape index (κ3) is 4.19. The van der Waals surface area contributed by atoms with Gasteiger partial charge in [-0.1, -0.05) is 18.5 Å². The van der Waals surface area contributed by atoms with Gasteiger partial charge >= 0.3 is 6.01 Å². The molecular formula is C12H11BrCl2N4O. The number of halogens is 3. The molecule has 8 heteroatoms. The summed E-state index contributed by atoms with van der Waals surface area (Å²) in [6.07, 6.45) is 0.856. The zero-order valence-electron chi connectivity index (χ0n) is 10.5. The van der Waals surface area contributed by atoms with Crippen LogP contribution in [0, 0.1) is 0 Å². The standard InChI is InChI=1S/C12H11BrCl2N4O/c1-2-5-20-12-18-10(15)17-11(19-12)16-7-3-4-8(13)9(14)6-7/h3-4,6H,2,5H2,1H3,(H,16,17,18,19). The molecule has 0 bridgehead atoms. The summed E-state index contributed by atoms with van der Waals surface area (Å²) in [7, 11) is 0. The van der Waals surface area contributed by atoms with E-state index in [1.807, 2.05) is 19.1 Å². The van der Waals surface area contributed by atoms with Gasteiger partial charge in [0.05, 0.1) is 11.6 Å². The second-order valence-electron chi connectivity index (χ2n) is 3.81. The van der Waals surface area contributed by atoms with Crippen LogP contribution in [0.15, 0.2) is 22.7 Å². The van der Waals surface area contributed by atoms with Gasteiger partial charge in [-0.3, -0.25) is 0 Å². The number of ether oxygens (including phenoxy) is 1. The van der Waals surface area contributed by atoms with Crippen LogP contribution in [0.5, 0.6) is 6.01 Å². The third-order valence-corrected chi connectivity index (χ3v) is 3.60. The molecule has 0 fully saturated rings. The predicted octanol–water partition coefficient (Wildman–Crippen LogP) is 4.47. The number of benzene rings is 1. The molecule has 1 heterocycles. The summed E-state index contributed by atoms with van der Waals surface area (Å²) in [6, 6.07) is 5.59. The van der Waals surface area contributed by atoms with E-state index >= 15 is 0 Å². The first-order valence-electron chi connectivity index (χ1n) is 5.85. The van der Waals surface area contributed by atoms with E-state index < -0.39 is 0 Å². The summed E-state index contributed by atoms with van der Waals surface area (Å²) in [6.45, 7) is 2.51. The Morgan fingerprint density at radius 3 is 2.75 bits per heavy atom. The van der Waals surface area contributed by atoms with Gasteiger partial charge in [0, 0.05) is 10.2 Å². The maximum atomic E-state index is 6.02. The molecule has 0 saturated carbocycles. The molecule has 1 N–H and O–H groups in total. The minimum Gasteiger partial charge on any atom is -0.463 e. The Morgan fingerprint density at radius 2 is 2.05 bits per heavy atom. The normalized spacial score (nSPS) is 10.4. The first-order valence-corrected chi connectivity index (χ1v) is 7.40.